The number of hydrogen-bond donors (Lipinski definition) is 0. The number of hydrogen-bond acceptors (Lipinski definition) is 4. The van der Waals surface area contributed by atoms with Crippen LogP contribution in [0.3, 0.4) is 0 Å². The lowest BCUT2D eigenvalue weighted by atomic mass is 10.3. The zero-order valence-corrected chi connectivity index (χ0v) is 7.88. The topological polar surface area (TPSA) is 59.9 Å². The largest absolute Gasteiger partial charge is 0.261 e. The SMILES string of the molecule is C[C@H](c1cnccn1)S(=O)(=O)Cl. The second kappa shape index (κ2) is 3.37. The fraction of sp³-hybridized carbons (Fsp3) is 0.333. The molecule has 1 heterocycles. The van der Waals surface area contributed by atoms with Gasteiger partial charge < -0.3 is 0 Å². The molecule has 0 saturated carbocycles. The maximum absolute atomic E-state index is 10.8. The van der Waals surface area contributed by atoms with E-state index >= 15 is 0 Å². The molecule has 12 heavy (non-hydrogen) atoms. The van der Waals surface area contributed by atoms with E-state index in [1.165, 1.54) is 25.5 Å². The summed E-state index contributed by atoms with van der Waals surface area (Å²) in [5, 5.41) is -0.812. The first-order valence-corrected chi connectivity index (χ1v) is 5.58. The lowest BCUT2D eigenvalue weighted by Crippen LogP contribution is -2.04. The zero-order valence-electron chi connectivity index (χ0n) is 6.31. The first kappa shape index (κ1) is 9.41. The summed E-state index contributed by atoms with van der Waals surface area (Å²) in [6.45, 7) is 1.46. The Balaban J connectivity index is 3.02. The van der Waals surface area contributed by atoms with Crippen LogP contribution in [0.25, 0.3) is 0 Å². The maximum atomic E-state index is 10.8. The summed E-state index contributed by atoms with van der Waals surface area (Å²) in [7, 11) is 1.54. The molecule has 0 fully saturated rings. The second-order valence-corrected chi connectivity index (χ2v) is 5.20. The van der Waals surface area contributed by atoms with E-state index in [2.05, 4.69) is 9.97 Å². The van der Waals surface area contributed by atoms with E-state index in [0.29, 0.717) is 5.69 Å². The molecule has 0 N–H and O–H groups in total. The molecule has 1 aromatic rings. The van der Waals surface area contributed by atoms with Gasteiger partial charge in [-0.15, -0.1) is 0 Å². The van der Waals surface area contributed by atoms with Gasteiger partial charge in [0.25, 0.3) is 0 Å². The number of rotatable bonds is 2. The van der Waals surface area contributed by atoms with Gasteiger partial charge in [-0.05, 0) is 6.92 Å². The van der Waals surface area contributed by atoms with Crippen LogP contribution in [-0.4, -0.2) is 18.4 Å². The number of aromatic nitrogens is 2. The zero-order chi connectivity index (χ0) is 9.19. The van der Waals surface area contributed by atoms with E-state index < -0.39 is 14.3 Å². The average Bonchev–Trinajstić information content (AvgIpc) is 2.03. The highest BCUT2D eigenvalue weighted by molar-refractivity contribution is 8.13. The van der Waals surface area contributed by atoms with Crippen LogP contribution in [0.1, 0.15) is 17.9 Å². The quantitative estimate of drug-likeness (QED) is 0.680. The molecule has 0 aliphatic carbocycles. The predicted octanol–water partition coefficient (Wildman–Crippen LogP) is 1.11. The van der Waals surface area contributed by atoms with Crippen LogP contribution in [0.15, 0.2) is 18.6 Å². The Morgan fingerprint density at radius 1 is 1.50 bits per heavy atom. The lowest BCUT2D eigenvalue weighted by Gasteiger charge is -2.04. The standard InChI is InChI=1S/C6H7ClN2O2S/c1-5(12(7,10)11)6-4-8-2-3-9-6/h2-5H,1H3/t5-/m1/s1. The van der Waals surface area contributed by atoms with Crippen molar-refractivity contribution in [2.45, 2.75) is 12.2 Å². The summed E-state index contributed by atoms with van der Waals surface area (Å²) in [6, 6.07) is 0. The van der Waals surface area contributed by atoms with Crippen LogP contribution < -0.4 is 0 Å². The Morgan fingerprint density at radius 3 is 2.58 bits per heavy atom. The second-order valence-electron chi connectivity index (χ2n) is 2.25. The van der Waals surface area contributed by atoms with Gasteiger partial charge in [-0.3, -0.25) is 9.97 Å². The average molecular weight is 207 g/mol. The fourth-order valence-electron chi connectivity index (χ4n) is 0.665. The molecule has 0 bridgehead atoms. The van der Waals surface area contributed by atoms with Gasteiger partial charge in [-0.2, -0.15) is 0 Å². The summed E-state index contributed by atoms with van der Waals surface area (Å²) in [6.07, 6.45) is 4.27. The molecule has 0 aliphatic rings. The van der Waals surface area contributed by atoms with Gasteiger partial charge in [0.2, 0.25) is 9.05 Å². The normalized spacial score (nSPS) is 14.2. The van der Waals surface area contributed by atoms with Gasteiger partial charge >= 0.3 is 0 Å². The highest BCUT2D eigenvalue weighted by Crippen LogP contribution is 2.21. The van der Waals surface area contributed by atoms with E-state index in [0.717, 1.165) is 0 Å². The Bertz CT molecular complexity index is 351. The molecule has 0 radical (unpaired) electrons. The number of halogens is 1. The summed E-state index contributed by atoms with van der Waals surface area (Å²) in [4.78, 5) is 7.55. The fourth-order valence-corrected chi connectivity index (χ4v) is 1.35. The molecule has 6 heteroatoms. The summed E-state index contributed by atoms with van der Waals surface area (Å²) < 4.78 is 21.7. The predicted molar refractivity (Wildman–Crippen MR) is 45.2 cm³/mol. The van der Waals surface area contributed by atoms with E-state index in [9.17, 15) is 8.42 Å². The highest BCUT2D eigenvalue weighted by Gasteiger charge is 2.20. The molecule has 0 amide bonds. The van der Waals surface area contributed by atoms with E-state index in [1.54, 1.807) is 0 Å². The Hall–Kier alpha value is -0.680. The van der Waals surface area contributed by atoms with Crippen molar-refractivity contribution >= 4 is 19.7 Å². The van der Waals surface area contributed by atoms with E-state index in [1.807, 2.05) is 0 Å². The molecule has 1 aromatic heterocycles. The summed E-state index contributed by atoms with van der Waals surface area (Å²) in [5.41, 5.74) is 0.354. The molecular weight excluding hydrogens is 200 g/mol. The van der Waals surface area contributed by atoms with Gasteiger partial charge in [-0.25, -0.2) is 8.42 Å². The third-order valence-corrected chi connectivity index (χ3v) is 3.31. The maximum Gasteiger partial charge on any atom is 0.240 e. The molecule has 0 unspecified atom stereocenters. The van der Waals surface area contributed by atoms with Gasteiger partial charge in [0, 0.05) is 29.3 Å². The Kier molecular flexibility index (Phi) is 2.64. The molecule has 1 atom stereocenters. The van der Waals surface area contributed by atoms with Crippen molar-refractivity contribution in [3.05, 3.63) is 24.3 Å². The third kappa shape index (κ3) is 2.15. The van der Waals surface area contributed by atoms with Crippen molar-refractivity contribution in [1.82, 2.24) is 9.97 Å². The molecule has 0 aliphatic heterocycles. The van der Waals surface area contributed by atoms with E-state index in [4.69, 9.17) is 10.7 Å². The molecular formula is C6H7ClN2O2S. The first-order valence-electron chi connectivity index (χ1n) is 3.21. The van der Waals surface area contributed by atoms with Gasteiger partial charge in [-0.1, -0.05) is 0 Å². The van der Waals surface area contributed by atoms with Gasteiger partial charge in [0.05, 0.1) is 5.69 Å². The third-order valence-electron chi connectivity index (χ3n) is 1.42. The van der Waals surface area contributed by atoms with Crippen LogP contribution >= 0.6 is 10.7 Å². The van der Waals surface area contributed by atoms with Crippen molar-refractivity contribution in [2.75, 3.05) is 0 Å². The summed E-state index contributed by atoms with van der Waals surface area (Å²) >= 11 is 0. The van der Waals surface area contributed by atoms with Crippen molar-refractivity contribution in [3.63, 3.8) is 0 Å². The van der Waals surface area contributed by atoms with Gasteiger partial charge in [0.1, 0.15) is 5.25 Å². The van der Waals surface area contributed by atoms with Crippen LogP contribution in [0.2, 0.25) is 0 Å². The number of nitrogens with zero attached hydrogens (tertiary/aromatic N) is 2. The smallest absolute Gasteiger partial charge is 0.240 e. The first-order chi connectivity index (χ1) is 5.52. The van der Waals surface area contributed by atoms with Crippen molar-refractivity contribution in [1.29, 1.82) is 0 Å². The minimum absolute atomic E-state index is 0.354. The molecule has 0 spiro atoms. The minimum Gasteiger partial charge on any atom is -0.261 e. The van der Waals surface area contributed by atoms with Crippen LogP contribution in [0.5, 0.6) is 0 Å². The highest BCUT2D eigenvalue weighted by atomic mass is 35.7. The Labute approximate surface area is 75.0 Å². The van der Waals surface area contributed by atoms with Gasteiger partial charge in [0.15, 0.2) is 0 Å². The molecule has 0 aromatic carbocycles. The van der Waals surface area contributed by atoms with Crippen LogP contribution in [0.4, 0.5) is 0 Å². The van der Waals surface area contributed by atoms with Crippen LogP contribution in [0, 0.1) is 0 Å². The monoisotopic (exact) mass is 206 g/mol. The molecule has 0 saturated heterocycles. The van der Waals surface area contributed by atoms with Crippen molar-refractivity contribution in [2.24, 2.45) is 0 Å². The van der Waals surface area contributed by atoms with E-state index in [-0.39, 0.29) is 0 Å². The lowest BCUT2D eigenvalue weighted by molar-refractivity contribution is 0.599. The Morgan fingerprint density at radius 2 is 2.17 bits per heavy atom. The molecule has 66 valence electrons. The molecule has 4 nitrogen and oxygen atoms in total. The van der Waals surface area contributed by atoms with Crippen LogP contribution in [-0.2, 0) is 9.05 Å². The van der Waals surface area contributed by atoms with Crippen molar-refractivity contribution in [3.8, 4) is 0 Å². The molecule has 1 rings (SSSR count). The summed E-state index contributed by atoms with van der Waals surface area (Å²) in [5.74, 6) is 0. The minimum atomic E-state index is -3.59. The van der Waals surface area contributed by atoms with Crippen molar-refractivity contribution < 1.29 is 8.42 Å².